The monoisotopic (exact) mass is 409 g/mol. The van der Waals surface area contributed by atoms with Gasteiger partial charge in [-0.1, -0.05) is 33.7 Å². The zero-order valence-corrected chi connectivity index (χ0v) is 16.6. The summed E-state index contributed by atoms with van der Waals surface area (Å²) in [6.45, 7) is 2.12. The van der Waals surface area contributed by atoms with Gasteiger partial charge >= 0.3 is 5.97 Å². The quantitative estimate of drug-likeness (QED) is 0.482. The van der Waals surface area contributed by atoms with Gasteiger partial charge in [0.25, 0.3) is 6.01 Å². The average Bonchev–Trinajstić information content (AvgIpc) is 3.11. The first-order chi connectivity index (χ1) is 13.1. The Balaban J connectivity index is 1.35. The summed E-state index contributed by atoms with van der Waals surface area (Å²) in [5.41, 5.74) is 1.64. The molecule has 2 N–H and O–H groups in total. The lowest BCUT2D eigenvalue weighted by molar-refractivity contribution is -0.136. The van der Waals surface area contributed by atoms with E-state index in [1.807, 2.05) is 24.3 Å². The molecule has 7 nitrogen and oxygen atoms in total. The molecule has 27 heavy (non-hydrogen) atoms. The minimum atomic E-state index is -0.777. The number of hydrogen-bond donors (Lipinski definition) is 2. The van der Waals surface area contributed by atoms with Crippen molar-refractivity contribution in [1.29, 1.82) is 0 Å². The molecule has 1 aliphatic rings. The minimum Gasteiger partial charge on any atom is -0.481 e. The summed E-state index contributed by atoms with van der Waals surface area (Å²) in [7, 11) is 3.12. The maximum Gasteiger partial charge on any atom is 0.304 e. The van der Waals surface area contributed by atoms with Crippen molar-refractivity contribution in [2.45, 2.75) is 19.3 Å². The Hall–Kier alpha value is -1.87. The van der Waals surface area contributed by atoms with Gasteiger partial charge in [0, 0.05) is 37.1 Å². The van der Waals surface area contributed by atoms with Gasteiger partial charge in [-0.15, -0.1) is 0 Å². The van der Waals surface area contributed by atoms with Gasteiger partial charge in [-0.3, -0.25) is 9.59 Å². The lowest BCUT2D eigenvalue weighted by Crippen LogP contribution is -2.41. The highest BCUT2D eigenvalue weighted by Crippen LogP contribution is 2.26. The summed E-state index contributed by atoms with van der Waals surface area (Å²) in [4.78, 5) is 29.3. The highest BCUT2D eigenvalue weighted by molar-refractivity contribution is 8.76. The molecule has 9 heteroatoms. The maximum atomic E-state index is 12.3. The van der Waals surface area contributed by atoms with Gasteiger partial charge in [-0.25, -0.2) is 0 Å². The second kappa shape index (κ2) is 9.89. The van der Waals surface area contributed by atoms with Crippen molar-refractivity contribution in [3.63, 3.8) is 0 Å². The Morgan fingerprint density at radius 2 is 1.96 bits per heavy atom. The van der Waals surface area contributed by atoms with E-state index in [9.17, 15) is 9.59 Å². The first kappa shape index (κ1) is 19.9. The van der Waals surface area contributed by atoms with Crippen LogP contribution in [-0.2, 0) is 9.59 Å². The van der Waals surface area contributed by atoms with E-state index in [0.29, 0.717) is 18.3 Å². The van der Waals surface area contributed by atoms with Crippen LogP contribution in [0.1, 0.15) is 19.3 Å². The topological polar surface area (TPSA) is 95.7 Å². The van der Waals surface area contributed by atoms with Gasteiger partial charge in [0.1, 0.15) is 5.52 Å². The van der Waals surface area contributed by atoms with E-state index >= 15 is 0 Å². The molecule has 1 aromatic carbocycles. The Kier molecular flexibility index (Phi) is 7.28. The molecular weight excluding hydrogens is 386 g/mol. The zero-order valence-electron chi connectivity index (χ0n) is 14.9. The lowest BCUT2D eigenvalue weighted by Gasteiger charge is -2.30. The van der Waals surface area contributed by atoms with Crippen molar-refractivity contribution in [3.8, 4) is 0 Å². The number of aliphatic carboxylic acids is 1. The Morgan fingerprint density at radius 3 is 2.70 bits per heavy atom. The predicted octanol–water partition coefficient (Wildman–Crippen LogP) is 3.02. The number of carbonyl (C=O) groups is 2. The molecular formula is C18H23N3O4S2. The number of hydrogen-bond acceptors (Lipinski definition) is 7. The molecule has 146 valence electrons. The minimum absolute atomic E-state index is 0.0234. The number of carboxylic acids is 1. The highest BCUT2D eigenvalue weighted by atomic mass is 33.1. The Morgan fingerprint density at radius 1 is 1.22 bits per heavy atom. The van der Waals surface area contributed by atoms with Crippen molar-refractivity contribution < 1.29 is 19.1 Å². The standard InChI is InChI=1S/C18H23N3O4S2/c22-16(23)7-11-26-27-12-8-19-17(24)13-5-9-21(10-6-13)18-20-14-3-1-2-4-15(14)25-18/h1-4,13H,5-12H2,(H,19,24)(H,22,23). The molecule has 3 rings (SSSR count). The fourth-order valence-electron chi connectivity index (χ4n) is 2.94. The fraction of sp³-hybridized carbons (Fsp3) is 0.500. The van der Waals surface area contributed by atoms with E-state index in [1.165, 1.54) is 10.8 Å². The number of carboxylic acid groups (broad SMARTS) is 1. The number of amides is 1. The summed E-state index contributed by atoms with van der Waals surface area (Å²) in [6, 6.07) is 8.33. The van der Waals surface area contributed by atoms with Crippen LogP contribution in [0, 0.1) is 5.92 Å². The van der Waals surface area contributed by atoms with E-state index in [0.717, 1.165) is 42.8 Å². The van der Waals surface area contributed by atoms with E-state index in [-0.39, 0.29) is 18.2 Å². The normalized spacial score (nSPS) is 15.2. The van der Waals surface area contributed by atoms with Crippen LogP contribution in [0.4, 0.5) is 6.01 Å². The largest absolute Gasteiger partial charge is 0.481 e. The van der Waals surface area contributed by atoms with Crippen LogP contribution in [0.3, 0.4) is 0 Å². The van der Waals surface area contributed by atoms with Crippen LogP contribution < -0.4 is 10.2 Å². The number of oxazole rings is 1. The van der Waals surface area contributed by atoms with Crippen LogP contribution >= 0.6 is 21.6 Å². The molecule has 1 fully saturated rings. The molecule has 1 aromatic heterocycles. The first-order valence-electron chi connectivity index (χ1n) is 8.98. The van der Waals surface area contributed by atoms with E-state index in [1.54, 1.807) is 10.8 Å². The molecule has 2 heterocycles. The number of aromatic nitrogens is 1. The third-order valence-electron chi connectivity index (χ3n) is 4.39. The summed E-state index contributed by atoms with van der Waals surface area (Å²) >= 11 is 0. The number of rotatable bonds is 9. The van der Waals surface area contributed by atoms with Crippen molar-refractivity contribution in [1.82, 2.24) is 10.3 Å². The van der Waals surface area contributed by atoms with Crippen molar-refractivity contribution in [2.75, 3.05) is 36.0 Å². The van der Waals surface area contributed by atoms with E-state index in [2.05, 4.69) is 15.2 Å². The zero-order chi connectivity index (χ0) is 19.1. The number of benzene rings is 1. The molecule has 1 amide bonds. The summed E-state index contributed by atoms with van der Waals surface area (Å²) < 4.78 is 5.80. The van der Waals surface area contributed by atoms with E-state index < -0.39 is 5.97 Å². The number of nitrogens with zero attached hydrogens (tertiary/aromatic N) is 2. The summed E-state index contributed by atoms with van der Waals surface area (Å²) in [5.74, 6) is 0.708. The third kappa shape index (κ3) is 5.80. The molecule has 0 atom stereocenters. The molecule has 0 saturated carbocycles. The number of fused-ring (bicyclic) bond motifs is 1. The second-order valence-corrected chi connectivity index (χ2v) is 9.01. The van der Waals surface area contributed by atoms with Crippen LogP contribution in [-0.4, -0.2) is 53.1 Å². The van der Waals surface area contributed by atoms with Gasteiger partial charge in [0.05, 0.1) is 6.42 Å². The summed E-state index contributed by atoms with van der Waals surface area (Å²) in [5, 5.41) is 11.5. The van der Waals surface area contributed by atoms with Crippen molar-refractivity contribution in [3.05, 3.63) is 24.3 Å². The SMILES string of the molecule is O=C(O)CCSSCCNC(=O)C1CCN(c2nc3ccccc3o2)CC1. The van der Waals surface area contributed by atoms with Gasteiger partial charge in [-0.05, 0) is 25.0 Å². The van der Waals surface area contributed by atoms with Crippen LogP contribution in [0.25, 0.3) is 11.1 Å². The van der Waals surface area contributed by atoms with E-state index in [4.69, 9.17) is 9.52 Å². The van der Waals surface area contributed by atoms with Gasteiger partial charge in [-0.2, -0.15) is 4.98 Å². The average molecular weight is 410 g/mol. The first-order valence-corrected chi connectivity index (χ1v) is 11.5. The molecule has 0 bridgehead atoms. The van der Waals surface area contributed by atoms with Crippen molar-refractivity contribution >= 4 is 50.6 Å². The highest BCUT2D eigenvalue weighted by Gasteiger charge is 2.26. The smallest absolute Gasteiger partial charge is 0.304 e. The molecule has 1 aliphatic heterocycles. The molecule has 0 aliphatic carbocycles. The van der Waals surface area contributed by atoms with Crippen LogP contribution in [0.2, 0.25) is 0 Å². The number of para-hydroxylation sites is 2. The number of piperidine rings is 1. The summed E-state index contributed by atoms with van der Waals surface area (Å²) in [6.07, 6.45) is 1.73. The number of carbonyl (C=O) groups excluding carboxylic acids is 1. The van der Waals surface area contributed by atoms with Crippen molar-refractivity contribution in [2.24, 2.45) is 5.92 Å². The third-order valence-corrected chi connectivity index (χ3v) is 6.79. The number of nitrogens with one attached hydrogen (secondary N) is 1. The molecule has 0 radical (unpaired) electrons. The number of anilines is 1. The van der Waals surface area contributed by atoms with Gasteiger partial charge in [0.2, 0.25) is 5.91 Å². The van der Waals surface area contributed by atoms with Crippen LogP contribution in [0.15, 0.2) is 28.7 Å². The van der Waals surface area contributed by atoms with Gasteiger partial charge in [0.15, 0.2) is 5.58 Å². The maximum absolute atomic E-state index is 12.3. The van der Waals surface area contributed by atoms with Crippen LogP contribution in [0.5, 0.6) is 0 Å². The predicted molar refractivity (Wildman–Crippen MR) is 109 cm³/mol. The fourth-order valence-corrected chi connectivity index (χ4v) is 4.82. The Labute approximate surface area is 165 Å². The Bertz CT molecular complexity index is 742. The molecule has 2 aromatic rings. The van der Waals surface area contributed by atoms with Gasteiger partial charge < -0.3 is 19.7 Å². The lowest BCUT2D eigenvalue weighted by atomic mass is 9.96. The molecule has 0 unspecified atom stereocenters. The molecule has 0 spiro atoms. The molecule has 1 saturated heterocycles. The second-order valence-electron chi connectivity index (χ2n) is 6.30.